The smallest absolute Gasteiger partial charge is 0.153 e. The van der Waals surface area contributed by atoms with E-state index in [2.05, 4.69) is 0 Å². The number of phenols is 1. The first kappa shape index (κ1) is 16.3. The number of hydrogen-bond acceptors (Lipinski definition) is 4. The van der Waals surface area contributed by atoms with E-state index < -0.39 is 11.6 Å². The second-order valence-electron chi connectivity index (χ2n) is 3.83. The molecule has 0 unspecified atom stereocenters. The van der Waals surface area contributed by atoms with Crippen LogP contribution in [0, 0.1) is 11.6 Å². The Bertz CT molecular complexity index is 642. The Morgan fingerprint density at radius 3 is 1.95 bits per heavy atom. The lowest BCUT2D eigenvalue weighted by atomic mass is 10.2. The molecule has 0 spiro atoms. The number of aromatic hydroxyl groups is 1. The third kappa shape index (κ3) is 4.68. The Morgan fingerprint density at radius 2 is 1.48 bits per heavy atom. The number of rotatable bonds is 3. The van der Waals surface area contributed by atoms with Crippen molar-refractivity contribution < 1.29 is 28.2 Å². The maximum atomic E-state index is 12.5. The van der Waals surface area contributed by atoms with Crippen LogP contribution in [-0.2, 0) is 0 Å². The van der Waals surface area contributed by atoms with E-state index in [1.165, 1.54) is 19.2 Å². The fourth-order valence-corrected chi connectivity index (χ4v) is 1.42. The molecule has 0 atom stereocenters. The van der Waals surface area contributed by atoms with E-state index in [1.807, 2.05) is 0 Å². The zero-order valence-corrected chi connectivity index (χ0v) is 11.0. The number of ether oxygens (including phenoxy) is 1. The lowest BCUT2D eigenvalue weighted by molar-refractivity contribution is 0.111. The number of carbonyl (C=O) groups excluding carboxylic acids is 2. The van der Waals surface area contributed by atoms with Crippen molar-refractivity contribution in [2.75, 3.05) is 7.11 Å². The van der Waals surface area contributed by atoms with E-state index in [-0.39, 0.29) is 16.9 Å². The summed E-state index contributed by atoms with van der Waals surface area (Å²) in [6, 6.07) is 6.99. The lowest BCUT2D eigenvalue weighted by Gasteiger charge is -2.01. The van der Waals surface area contributed by atoms with Crippen LogP contribution >= 0.6 is 0 Å². The van der Waals surface area contributed by atoms with Crippen LogP contribution < -0.4 is 4.74 Å². The average molecular weight is 294 g/mol. The molecule has 0 saturated carbocycles. The molecular formula is C15H12F2O4. The van der Waals surface area contributed by atoms with Gasteiger partial charge in [0.05, 0.1) is 18.2 Å². The van der Waals surface area contributed by atoms with Gasteiger partial charge in [-0.2, -0.15) is 0 Å². The second-order valence-corrected chi connectivity index (χ2v) is 3.83. The predicted molar refractivity (Wildman–Crippen MR) is 71.8 cm³/mol. The molecule has 2 aromatic rings. The molecule has 21 heavy (non-hydrogen) atoms. The quantitative estimate of drug-likeness (QED) is 0.884. The molecule has 6 heteroatoms. The molecule has 0 aliphatic rings. The van der Waals surface area contributed by atoms with Gasteiger partial charge in [-0.15, -0.1) is 0 Å². The van der Waals surface area contributed by atoms with E-state index in [1.54, 1.807) is 0 Å². The topological polar surface area (TPSA) is 63.6 Å². The van der Waals surface area contributed by atoms with Crippen LogP contribution in [-0.4, -0.2) is 24.8 Å². The van der Waals surface area contributed by atoms with Gasteiger partial charge < -0.3 is 9.84 Å². The Labute approximate surface area is 119 Å². The third-order valence-corrected chi connectivity index (χ3v) is 2.44. The highest BCUT2D eigenvalue weighted by molar-refractivity contribution is 5.79. The second kappa shape index (κ2) is 7.74. The number of benzene rings is 2. The highest BCUT2D eigenvalue weighted by Crippen LogP contribution is 2.16. The van der Waals surface area contributed by atoms with Gasteiger partial charge in [-0.1, -0.05) is 0 Å². The summed E-state index contributed by atoms with van der Waals surface area (Å²) in [4.78, 5) is 20.3. The van der Waals surface area contributed by atoms with Gasteiger partial charge >= 0.3 is 0 Å². The molecule has 0 fully saturated rings. The van der Waals surface area contributed by atoms with Crippen LogP contribution in [0.5, 0.6) is 11.5 Å². The zero-order valence-electron chi connectivity index (χ0n) is 11.0. The summed E-state index contributed by atoms with van der Waals surface area (Å²) in [5, 5.41) is 8.84. The number of halogens is 2. The number of methoxy groups -OCH3 is 1. The zero-order chi connectivity index (χ0) is 15.8. The van der Waals surface area contributed by atoms with E-state index in [0.29, 0.717) is 18.3 Å². The molecule has 0 bridgehead atoms. The van der Waals surface area contributed by atoms with Crippen LogP contribution in [0.25, 0.3) is 0 Å². The molecule has 2 rings (SSSR count). The van der Waals surface area contributed by atoms with E-state index in [9.17, 15) is 18.4 Å². The van der Waals surface area contributed by atoms with Gasteiger partial charge in [-0.3, -0.25) is 9.59 Å². The molecule has 0 heterocycles. The molecule has 1 N–H and O–H groups in total. The fraction of sp³-hybridized carbons (Fsp3) is 0.0667. The summed E-state index contributed by atoms with van der Waals surface area (Å²) in [5.41, 5.74) is 0.201. The molecule has 0 saturated heterocycles. The first-order valence-electron chi connectivity index (χ1n) is 5.74. The minimum absolute atomic E-state index is 0.0278. The maximum absolute atomic E-state index is 12.5. The Kier molecular flexibility index (Phi) is 6.00. The predicted octanol–water partition coefficient (Wildman–Crippen LogP) is 2.99. The summed E-state index contributed by atoms with van der Waals surface area (Å²) in [6.45, 7) is 0. The molecule has 0 aromatic heterocycles. The van der Waals surface area contributed by atoms with Gasteiger partial charge in [-0.25, -0.2) is 8.78 Å². The average Bonchev–Trinajstić information content (AvgIpc) is 2.50. The standard InChI is InChI=1S/C8H7FO2.C7H5FO2/c1-11-8-3-2-7(9)4-6(8)5-10;8-6-1-2-7(10)5(3-6)4-9/h2-5H,1H3;1-4,10H. The highest BCUT2D eigenvalue weighted by Gasteiger charge is 2.01. The summed E-state index contributed by atoms with van der Waals surface area (Å²) >= 11 is 0. The summed E-state index contributed by atoms with van der Waals surface area (Å²) in [6.07, 6.45) is 0.959. The van der Waals surface area contributed by atoms with Crippen LogP contribution in [0.15, 0.2) is 36.4 Å². The summed E-state index contributed by atoms with van der Waals surface area (Å²) in [5.74, 6) is -0.773. The van der Waals surface area contributed by atoms with Crippen LogP contribution in [0.4, 0.5) is 8.78 Å². The fourth-order valence-electron chi connectivity index (χ4n) is 1.42. The van der Waals surface area contributed by atoms with Crippen LogP contribution in [0.2, 0.25) is 0 Å². The number of carbonyl (C=O) groups is 2. The van der Waals surface area contributed by atoms with Crippen molar-refractivity contribution in [2.24, 2.45) is 0 Å². The Balaban J connectivity index is 0.000000211. The molecule has 0 aliphatic carbocycles. The number of phenolic OH excluding ortho intramolecular Hbond substituents is 1. The first-order valence-corrected chi connectivity index (χ1v) is 5.74. The van der Waals surface area contributed by atoms with Crippen molar-refractivity contribution in [2.45, 2.75) is 0 Å². The minimum Gasteiger partial charge on any atom is -0.507 e. The van der Waals surface area contributed by atoms with Crippen molar-refractivity contribution in [3.8, 4) is 11.5 Å². The highest BCUT2D eigenvalue weighted by atomic mass is 19.1. The molecule has 0 aliphatic heterocycles. The molecule has 0 radical (unpaired) electrons. The Hall–Kier alpha value is -2.76. The van der Waals surface area contributed by atoms with Gasteiger partial charge in [-0.05, 0) is 36.4 Å². The van der Waals surface area contributed by atoms with E-state index in [0.717, 1.165) is 24.3 Å². The third-order valence-electron chi connectivity index (χ3n) is 2.44. The van der Waals surface area contributed by atoms with Crippen LogP contribution in [0.3, 0.4) is 0 Å². The molecule has 0 amide bonds. The first-order chi connectivity index (χ1) is 10.0. The largest absolute Gasteiger partial charge is 0.507 e. The molecule has 2 aromatic carbocycles. The maximum Gasteiger partial charge on any atom is 0.153 e. The minimum atomic E-state index is -0.528. The summed E-state index contributed by atoms with van der Waals surface area (Å²) in [7, 11) is 1.43. The van der Waals surface area contributed by atoms with Crippen LogP contribution in [0.1, 0.15) is 20.7 Å². The van der Waals surface area contributed by atoms with Crippen molar-refractivity contribution in [1.82, 2.24) is 0 Å². The van der Waals surface area contributed by atoms with E-state index >= 15 is 0 Å². The normalized spacial score (nSPS) is 9.29. The SMILES string of the molecule is COc1ccc(F)cc1C=O.O=Cc1cc(F)ccc1O. The van der Waals surface area contributed by atoms with Gasteiger partial charge in [0.2, 0.25) is 0 Å². The van der Waals surface area contributed by atoms with Crippen molar-refractivity contribution in [3.63, 3.8) is 0 Å². The Morgan fingerprint density at radius 1 is 0.952 bits per heavy atom. The van der Waals surface area contributed by atoms with E-state index in [4.69, 9.17) is 9.84 Å². The number of aldehydes is 2. The lowest BCUT2D eigenvalue weighted by Crippen LogP contribution is -1.90. The molecular weight excluding hydrogens is 282 g/mol. The van der Waals surface area contributed by atoms with Gasteiger partial charge in [0, 0.05) is 0 Å². The number of hydrogen-bond donors (Lipinski definition) is 1. The van der Waals surface area contributed by atoms with Crippen molar-refractivity contribution >= 4 is 12.6 Å². The van der Waals surface area contributed by atoms with Gasteiger partial charge in [0.15, 0.2) is 12.6 Å². The molecule has 110 valence electrons. The van der Waals surface area contributed by atoms with Gasteiger partial charge in [0.25, 0.3) is 0 Å². The van der Waals surface area contributed by atoms with Crippen molar-refractivity contribution in [3.05, 3.63) is 59.2 Å². The van der Waals surface area contributed by atoms with Gasteiger partial charge in [0.1, 0.15) is 23.1 Å². The van der Waals surface area contributed by atoms with Crippen molar-refractivity contribution in [1.29, 1.82) is 0 Å². The summed E-state index contributed by atoms with van der Waals surface area (Å²) < 4.78 is 29.5. The monoisotopic (exact) mass is 294 g/mol. The molecule has 4 nitrogen and oxygen atoms in total.